The second-order valence-corrected chi connectivity index (χ2v) is 10.3. The molecule has 1 amide bonds. The minimum atomic E-state index is -0.689. The lowest BCUT2D eigenvalue weighted by Crippen LogP contribution is -2.36. The summed E-state index contributed by atoms with van der Waals surface area (Å²) in [5.41, 5.74) is 6.96. The lowest BCUT2D eigenvalue weighted by atomic mass is 10.1. The van der Waals surface area contributed by atoms with E-state index >= 15 is 0 Å². The molecule has 0 saturated carbocycles. The molecule has 4 N–H and O–H groups in total. The number of hydrogen-bond acceptors (Lipinski definition) is 11. The van der Waals surface area contributed by atoms with Crippen LogP contribution in [-0.2, 0) is 11.3 Å². The van der Waals surface area contributed by atoms with Gasteiger partial charge >= 0.3 is 0 Å². The van der Waals surface area contributed by atoms with Crippen molar-refractivity contribution >= 4 is 44.8 Å². The fourth-order valence-corrected chi connectivity index (χ4v) is 5.61. The van der Waals surface area contributed by atoms with Crippen LogP contribution in [0.4, 0.5) is 17.5 Å². The van der Waals surface area contributed by atoms with Crippen LogP contribution < -0.4 is 21.9 Å². The van der Waals surface area contributed by atoms with Gasteiger partial charge in [0, 0.05) is 33.3 Å². The SMILES string of the molecule is Cc1cccnc1-c1nc(Nc2cnc3n(c2=O)[C@H](C(=O)NCc2cc4cnc(N)cc4s2)C[C@H]3C)no1. The zero-order chi connectivity index (χ0) is 26.4. The molecule has 6 rings (SSSR count). The van der Waals surface area contributed by atoms with E-state index in [2.05, 4.69) is 35.7 Å². The quantitative estimate of drug-likeness (QED) is 0.297. The molecule has 0 saturated heterocycles. The monoisotopic (exact) mass is 529 g/mol. The lowest BCUT2D eigenvalue weighted by molar-refractivity contribution is -0.124. The highest BCUT2D eigenvalue weighted by atomic mass is 32.1. The summed E-state index contributed by atoms with van der Waals surface area (Å²) in [7, 11) is 0. The molecule has 0 bridgehead atoms. The van der Waals surface area contributed by atoms with Crippen molar-refractivity contribution in [1.82, 2.24) is 35.0 Å². The molecule has 5 aromatic rings. The summed E-state index contributed by atoms with van der Waals surface area (Å²) >= 11 is 1.54. The van der Waals surface area contributed by atoms with Crippen molar-refractivity contribution < 1.29 is 9.32 Å². The number of pyridine rings is 2. The zero-order valence-corrected chi connectivity index (χ0v) is 21.3. The van der Waals surface area contributed by atoms with Gasteiger partial charge in [0.05, 0.1) is 12.7 Å². The van der Waals surface area contributed by atoms with E-state index in [4.69, 9.17) is 10.3 Å². The van der Waals surface area contributed by atoms with Crippen LogP contribution in [0.25, 0.3) is 21.7 Å². The molecule has 1 aliphatic heterocycles. The Hall–Kier alpha value is -4.65. The Morgan fingerprint density at radius 1 is 1.26 bits per heavy atom. The number of fused-ring (bicyclic) bond motifs is 2. The summed E-state index contributed by atoms with van der Waals surface area (Å²) in [6.45, 7) is 4.16. The number of carbonyl (C=O) groups is 1. The van der Waals surface area contributed by atoms with Crippen molar-refractivity contribution in [2.75, 3.05) is 11.1 Å². The number of aromatic nitrogens is 6. The average molecular weight is 530 g/mol. The van der Waals surface area contributed by atoms with Gasteiger partial charge in [-0.15, -0.1) is 11.3 Å². The van der Waals surface area contributed by atoms with Gasteiger partial charge in [-0.05, 0) is 42.3 Å². The van der Waals surface area contributed by atoms with Crippen LogP contribution in [0.5, 0.6) is 0 Å². The van der Waals surface area contributed by atoms with E-state index in [0.717, 1.165) is 20.5 Å². The van der Waals surface area contributed by atoms with Gasteiger partial charge in [-0.3, -0.25) is 19.1 Å². The summed E-state index contributed by atoms with van der Waals surface area (Å²) in [5, 5.41) is 10.7. The maximum absolute atomic E-state index is 13.4. The van der Waals surface area contributed by atoms with Gasteiger partial charge in [-0.1, -0.05) is 13.0 Å². The van der Waals surface area contributed by atoms with Crippen molar-refractivity contribution in [1.29, 1.82) is 0 Å². The minimum Gasteiger partial charge on any atom is -0.384 e. The average Bonchev–Trinajstić information content (AvgIpc) is 3.61. The van der Waals surface area contributed by atoms with E-state index in [0.29, 0.717) is 30.3 Å². The highest BCUT2D eigenvalue weighted by Gasteiger charge is 2.35. The molecule has 0 aliphatic carbocycles. The number of rotatable bonds is 6. The number of amides is 1. The molecule has 192 valence electrons. The third-order valence-corrected chi connectivity index (χ3v) is 7.55. The molecular formula is C25H23N9O3S. The number of carbonyl (C=O) groups excluding carboxylic acids is 1. The summed E-state index contributed by atoms with van der Waals surface area (Å²) in [4.78, 5) is 44.8. The van der Waals surface area contributed by atoms with Gasteiger partial charge in [0.25, 0.3) is 17.4 Å². The molecule has 1 aliphatic rings. The minimum absolute atomic E-state index is 0.0604. The van der Waals surface area contributed by atoms with Crippen molar-refractivity contribution in [3.05, 3.63) is 69.5 Å². The number of nitrogens with one attached hydrogen (secondary N) is 2. The Kier molecular flexibility index (Phi) is 5.83. The van der Waals surface area contributed by atoms with E-state index in [9.17, 15) is 9.59 Å². The summed E-state index contributed by atoms with van der Waals surface area (Å²) in [5.74, 6) is 1.02. The Labute approximate surface area is 220 Å². The molecular weight excluding hydrogens is 506 g/mol. The molecule has 2 atom stereocenters. The molecule has 38 heavy (non-hydrogen) atoms. The molecule has 6 heterocycles. The van der Waals surface area contributed by atoms with Gasteiger partial charge in [-0.2, -0.15) is 4.98 Å². The van der Waals surface area contributed by atoms with E-state index in [1.165, 1.54) is 22.1 Å². The second-order valence-electron chi connectivity index (χ2n) is 9.15. The molecule has 12 nitrogen and oxygen atoms in total. The Morgan fingerprint density at radius 3 is 2.97 bits per heavy atom. The highest BCUT2D eigenvalue weighted by molar-refractivity contribution is 7.19. The van der Waals surface area contributed by atoms with Crippen LogP contribution in [0.3, 0.4) is 0 Å². The molecule has 13 heteroatoms. The van der Waals surface area contributed by atoms with E-state index < -0.39 is 6.04 Å². The third-order valence-electron chi connectivity index (χ3n) is 6.45. The Morgan fingerprint density at radius 2 is 2.13 bits per heavy atom. The summed E-state index contributed by atoms with van der Waals surface area (Å²) in [6, 6.07) is 6.79. The zero-order valence-electron chi connectivity index (χ0n) is 20.5. The maximum atomic E-state index is 13.4. The van der Waals surface area contributed by atoms with Crippen LogP contribution in [0.2, 0.25) is 0 Å². The molecule has 0 fully saturated rings. The smallest absolute Gasteiger partial charge is 0.278 e. The van der Waals surface area contributed by atoms with Crippen LogP contribution in [-0.4, -0.2) is 35.6 Å². The normalized spacial score (nSPS) is 16.5. The first-order chi connectivity index (χ1) is 18.4. The first-order valence-electron chi connectivity index (χ1n) is 11.9. The van der Waals surface area contributed by atoms with Crippen LogP contribution in [0, 0.1) is 6.92 Å². The predicted octanol–water partition coefficient (Wildman–Crippen LogP) is 3.30. The molecule has 5 aromatic heterocycles. The Bertz CT molecular complexity index is 1740. The van der Waals surface area contributed by atoms with Crippen LogP contribution in [0.15, 0.2) is 52.2 Å². The van der Waals surface area contributed by atoms with E-state index in [-0.39, 0.29) is 34.9 Å². The number of nitrogens with zero attached hydrogens (tertiary/aromatic N) is 6. The molecule has 0 unspecified atom stereocenters. The number of thiophene rings is 1. The first kappa shape index (κ1) is 23.7. The lowest BCUT2D eigenvalue weighted by Gasteiger charge is -2.15. The van der Waals surface area contributed by atoms with Gasteiger partial charge in [0.15, 0.2) is 0 Å². The van der Waals surface area contributed by atoms with E-state index in [1.54, 1.807) is 12.4 Å². The fourth-order valence-electron chi connectivity index (χ4n) is 4.59. The van der Waals surface area contributed by atoms with Gasteiger partial charge < -0.3 is 20.9 Å². The summed E-state index contributed by atoms with van der Waals surface area (Å²) in [6.07, 6.45) is 5.25. The largest absolute Gasteiger partial charge is 0.384 e. The van der Waals surface area contributed by atoms with Gasteiger partial charge in [-0.25, -0.2) is 9.97 Å². The highest BCUT2D eigenvalue weighted by Crippen LogP contribution is 2.34. The van der Waals surface area contributed by atoms with Crippen LogP contribution in [0.1, 0.15) is 41.6 Å². The third kappa shape index (κ3) is 4.26. The van der Waals surface area contributed by atoms with E-state index in [1.807, 2.05) is 38.1 Å². The number of anilines is 3. The van der Waals surface area contributed by atoms with Crippen molar-refractivity contribution in [2.45, 2.75) is 38.8 Å². The van der Waals surface area contributed by atoms with Crippen LogP contribution >= 0.6 is 11.3 Å². The first-order valence-corrected chi connectivity index (χ1v) is 12.7. The number of aryl methyl sites for hydroxylation is 1. The topological polar surface area (TPSA) is 167 Å². The van der Waals surface area contributed by atoms with Crippen molar-refractivity contribution in [3.8, 4) is 11.6 Å². The molecule has 0 aromatic carbocycles. The maximum Gasteiger partial charge on any atom is 0.278 e. The summed E-state index contributed by atoms with van der Waals surface area (Å²) < 4.78 is 7.77. The Balaban J connectivity index is 1.21. The standard InChI is InChI=1S/C25H23N9O3S/c1-12-4-3-5-27-20(12)23-32-25(33-37-23)31-16-11-29-21-13(2)6-17(34(21)24(16)36)22(35)30-10-15-7-14-9-28-19(26)8-18(14)38-15/h3-5,7-9,11,13,17H,6,10H2,1-2H3,(H2,26,28)(H,30,35)(H,31,33)/t13-,17+/m1/s1. The number of nitrogen functional groups attached to an aromatic ring is 1. The number of nitrogens with two attached hydrogens (primary N) is 1. The molecule has 0 spiro atoms. The number of hydrogen-bond donors (Lipinski definition) is 3. The molecule has 0 radical (unpaired) electrons. The fraction of sp³-hybridized carbons (Fsp3) is 0.240. The van der Waals surface area contributed by atoms with Gasteiger partial charge in [0.2, 0.25) is 5.91 Å². The van der Waals surface area contributed by atoms with Gasteiger partial charge in [0.1, 0.15) is 29.1 Å². The second kappa shape index (κ2) is 9.34. The predicted molar refractivity (Wildman–Crippen MR) is 142 cm³/mol. The van der Waals surface area contributed by atoms with Crippen molar-refractivity contribution in [2.24, 2.45) is 0 Å². The van der Waals surface area contributed by atoms with Crippen molar-refractivity contribution in [3.63, 3.8) is 0 Å².